The molecule has 1 rings (SSSR count). The smallest absolute Gasteiger partial charge is 0.0107 e. The Balaban J connectivity index is 2.19. The third kappa shape index (κ3) is 6.18. The fourth-order valence-corrected chi connectivity index (χ4v) is 2.25. The van der Waals surface area contributed by atoms with Gasteiger partial charge in [-0.2, -0.15) is 0 Å². The van der Waals surface area contributed by atoms with Crippen LogP contribution in [0.1, 0.15) is 32.8 Å². The van der Waals surface area contributed by atoms with Crippen LogP contribution in [0.4, 0.5) is 0 Å². The molecule has 2 nitrogen and oxygen atoms in total. The van der Waals surface area contributed by atoms with Gasteiger partial charge in [0, 0.05) is 19.1 Å². The van der Waals surface area contributed by atoms with Gasteiger partial charge in [-0.3, -0.25) is 0 Å². The van der Waals surface area contributed by atoms with Crippen molar-refractivity contribution in [3.05, 3.63) is 35.9 Å². The monoisotopic (exact) mass is 248 g/mol. The van der Waals surface area contributed by atoms with Gasteiger partial charge in [0.25, 0.3) is 0 Å². The summed E-state index contributed by atoms with van der Waals surface area (Å²) in [7, 11) is 0. The molecule has 0 aliphatic carbocycles. The lowest BCUT2D eigenvalue weighted by atomic mass is 10.1. The molecule has 1 aromatic rings. The summed E-state index contributed by atoms with van der Waals surface area (Å²) in [4.78, 5) is 2.50. The summed E-state index contributed by atoms with van der Waals surface area (Å²) in [5.74, 6) is 0. The number of nitrogens with one attached hydrogen (secondary N) is 1. The molecule has 1 atom stereocenters. The minimum Gasteiger partial charge on any atom is -0.313 e. The third-order valence-electron chi connectivity index (χ3n) is 3.29. The van der Waals surface area contributed by atoms with E-state index in [0.717, 1.165) is 26.1 Å². The van der Waals surface area contributed by atoms with Crippen LogP contribution in [0, 0.1) is 0 Å². The highest BCUT2D eigenvalue weighted by molar-refractivity contribution is 5.15. The fourth-order valence-electron chi connectivity index (χ4n) is 2.25. The molecule has 1 N–H and O–H groups in total. The largest absolute Gasteiger partial charge is 0.313 e. The van der Waals surface area contributed by atoms with Gasteiger partial charge < -0.3 is 10.2 Å². The molecule has 0 aromatic heterocycles. The SMILES string of the molecule is CCCN(CC)CCNC(C)Cc1ccccc1. The van der Waals surface area contributed by atoms with E-state index < -0.39 is 0 Å². The quantitative estimate of drug-likeness (QED) is 0.723. The van der Waals surface area contributed by atoms with Crippen LogP contribution in [0.5, 0.6) is 0 Å². The van der Waals surface area contributed by atoms with Crippen molar-refractivity contribution in [1.29, 1.82) is 0 Å². The van der Waals surface area contributed by atoms with Gasteiger partial charge in [-0.1, -0.05) is 44.2 Å². The van der Waals surface area contributed by atoms with Gasteiger partial charge in [0.05, 0.1) is 0 Å². The highest BCUT2D eigenvalue weighted by Gasteiger charge is 2.04. The van der Waals surface area contributed by atoms with Crippen LogP contribution in [0.25, 0.3) is 0 Å². The van der Waals surface area contributed by atoms with Gasteiger partial charge in [0.1, 0.15) is 0 Å². The second kappa shape index (κ2) is 9.12. The van der Waals surface area contributed by atoms with E-state index in [9.17, 15) is 0 Å². The Morgan fingerprint density at radius 2 is 1.83 bits per heavy atom. The van der Waals surface area contributed by atoms with Crippen molar-refractivity contribution in [2.24, 2.45) is 0 Å². The second-order valence-electron chi connectivity index (χ2n) is 4.98. The van der Waals surface area contributed by atoms with Gasteiger partial charge in [-0.25, -0.2) is 0 Å². The molecule has 0 heterocycles. The maximum absolute atomic E-state index is 3.61. The number of hydrogen-bond donors (Lipinski definition) is 1. The Bertz CT molecular complexity index is 297. The maximum Gasteiger partial charge on any atom is 0.0107 e. The molecule has 18 heavy (non-hydrogen) atoms. The summed E-state index contributed by atoms with van der Waals surface area (Å²) in [6, 6.07) is 11.3. The normalized spacial score (nSPS) is 12.9. The Labute approximate surface area is 112 Å². The van der Waals surface area contributed by atoms with Crippen molar-refractivity contribution in [1.82, 2.24) is 10.2 Å². The average molecular weight is 248 g/mol. The van der Waals surface area contributed by atoms with Crippen molar-refractivity contribution in [3.63, 3.8) is 0 Å². The molecule has 0 aliphatic rings. The van der Waals surface area contributed by atoms with Gasteiger partial charge >= 0.3 is 0 Å². The van der Waals surface area contributed by atoms with Crippen molar-refractivity contribution < 1.29 is 0 Å². The minimum atomic E-state index is 0.549. The first-order valence-corrected chi connectivity index (χ1v) is 7.25. The van der Waals surface area contributed by atoms with Crippen LogP contribution < -0.4 is 5.32 Å². The van der Waals surface area contributed by atoms with Gasteiger partial charge in [-0.15, -0.1) is 0 Å². The van der Waals surface area contributed by atoms with Crippen molar-refractivity contribution in [2.75, 3.05) is 26.2 Å². The first kappa shape index (κ1) is 15.2. The Morgan fingerprint density at radius 3 is 2.44 bits per heavy atom. The predicted octanol–water partition coefficient (Wildman–Crippen LogP) is 2.94. The summed E-state index contributed by atoms with van der Waals surface area (Å²) in [5, 5.41) is 3.61. The second-order valence-corrected chi connectivity index (χ2v) is 4.98. The maximum atomic E-state index is 3.61. The zero-order valence-corrected chi connectivity index (χ0v) is 12.2. The van der Waals surface area contributed by atoms with E-state index in [1.807, 2.05) is 0 Å². The van der Waals surface area contributed by atoms with E-state index in [-0.39, 0.29) is 0 Å². The van der Waals surface area contributed by atoms with E-state index in [1.54, 1.807) is 0 Å². The summed E-state index contributed by atoms with van der Waals surface area (Å²) < 4.78 is 0. The van der Waals surface area contributed by atoms with Crippen LogP contribution in [-0.4, -0.2) is 37.1 Å². The van der Waals surface area contributed by atoms with Crippen LogP contribution >= 0.6 is 0 Å². The molecular formula is C16H28N2. The molecule has 0 fully saturated rings. The molecule has 102 valence electrons. The molecular weight excluding hydrogens is 220 g/mol. The third-order valence-corrected chi connectivity index (χ3v) is 3.29. The average Bonchev–Trinajstić information content (AvgIpc) is 2.39. The number of nitrogens with zero attached hydrogens (tertiary/aromatic N) is 1. The van der Waals surface area contributed by atoms with Crippen molar-refractivity contribution in [2.45, 2.75) is 39.7 Å². The zero-order chi connectivity index (χ0) is 13.2. The highest BCUT2D eigenvalue weighted by atomic mass is 15.1. The summed E-state index contributed by atoms with van der Waals surface area (Å²) in [6.07, 6.45) is 2.36. The lowest BCUT2D eigenvalue weighted by Gasteiger charge is -2.21. The number of likely N-dealkylation sites (N-methyl/N-ethyl adjacent to an activating group) is 1. The molecule has 2 heteroatoms. The first-order valence-electron chi connectivity index (χ1n) is 7.25. The highest BCUT2D eigenvalue weighted by Crippen LogP contribution is 2.02. The topological polar surface area (TPSA) is 15.3 Å². The molecule has 1 aromatic carbocycles. The molecule has 0 radical (unpaired) electrons. The van der Waals surface area contributed by atoms with Crippen LogP contribution in [-0.2, 0) is 6.42 Å². The van der Waals surface area contributed by atoms with Crippen molar-refractivity contribution in [3.8, 4) is 0 Å². The van der Waals surface area contributed by atoms with E-state index in [2.05, 4.69) is 61.3 Å². The summed E-state index contributed by atoms with van der Waals surface area (Å²) in [5.41, 5.74) is 1.42. The lowest BCUT2D eigenvalue weighted by molar-refractivity contribution is 0.283. The van der Waals surface area contributed by atoms with Crippen LogP contribution in [0.3, 0.4) is 0 Å². The van der Waals surface area contributed by atoms with Gasteiger partial charge in [0.2, 0.25) is 0 Å². The molecule has 0 bridgehead atoms. The number of hydrogen-bond acceptors (Lipinski definition) is 2. The molecule has 0 spiro atoms. The molecule has 0 amide bonds. The predicted molar refractivity (Wildman–Crippen MR) is 80.0 cm³/mol. The van der Waals surface area contributed by atoms with E-state index >= 15 is 0 Å². The van der Waals surface area contributed by atoms with Crippen molar-refractivity contribution >= 4 is 0 Å². The van der Waals surface area contributed by atoms with Gasteiger partial charge in [-0.05, 0) is 38.4 Å². The fraction of sp³-hybridized carbons (Fsp3) is 0.625. The Kier molecular flexibility index (Phi) is 7.70. The summed E-state index contributed by atoms with van der Waals surface area (Å²) >= 11 is 0. The van der Waals surface area contributed by atoms with E-state index in [1.165, 1.54) is 18.5 Å². The lowest BCUT2D eigenvalue weighted by Crippen LogP contribution is -2.37. The minimum absolute atomic E-state index is 0.549. The molecule has 0 saturated heterocycles. The van der Waals surface area contributed by atoms with Crippen LogP contribution in [0.15, 0.2) is 30.3 Å². The molecule has 0 aliphatic heterocycles. The standard InChI is InChI=1S/C16H28N2/c1-4-12-18(5-2)13-11-17-15(3)14-16-9-7-6-8-10-16/h6-10,15,17H,4-5,11-14H2,1-3H3. The molecule has 1 unspecified atom stereocenters. The number of rotatable bonds is 9. The van der Waals surface area contributed by atoms with E-state index in [4.69, 9.17) is 0 Å². The summed E-state index contributed by atoms with van der Waals surface area (Å²) in [6.45, 7) is 11.4. The zero-order valence-electron chi connectivity index (χ0n) is 12.2. The van der Waals surface area contributed by atoms with Crippen LogP contribution in [0.2, 0.25) is 0 Å². The first-order chi connectivity index (χ1) is 8.76. The Hall–Kier alpha value is -0.860. The van der Waals surface area contributed by atoms with E-state index in [0.29, 0.717) is 6.04 Å². The Morgan fingerprint density at radius 1 is 1.11 bits per heavy atom. The van der Waals surface area contributed by atoms with Gasteiger partial charge in [0.15, 0.2) is 0 Å². The number of benzene rings is 1. The molecule has 0 saturated carbocycles.